The quantitative estimate of drug-likeness (QED) is 0.374. The molecule has 0 saturated carbocycles. The molecule has 0 aromatic rings. The molecule has 0 fully saturated rings. The van der Waals surface area contributed by atoms with Crippen LogP contribution in [0.2, 0.25) is 0 Å². The maximum Gasteiger partial charge on any atom is 0.0209 e. The monoisotopic (exact) mass is 76.0 g/mol. The lowest BCUT2D eigenvalue weighted by Crippen LogP contribution is -1.69. The van der Waals surface area contributed by atoms with Crippen molar-refractivity contribution >= 4 is 0 Å². The Morgan fingerprint density at radius 3 is 1.50 bits per heavy atom. The Balaban J connectivity index is 2.67. The predicted molar refractivity (Wildman–Crippen MR) is 24.8 cm³/mol. The largest absolute Gasteiger partial charge is 0.0881 e. The van der Waals surface area contributed by atoms with Gasteiger partial charge in [0.2, 0.25) is 0 Å². The Bertz CT molecular complexity index is 124. The standard InChI is InChI=1S/C6H4/c1-2-4-6-5-3-1/h1-2H2. The molecule has 0 N–H and O–H groups in total. The second-order valence-corrected chi connectivity index (χ2v) is 1.10. The van der Waals surface area contributed by atoms with Gasteiger partial charge in [0.1, 0.15) is 0 Å². The van der Waals surface area contributed by atoms with E-state index < -0.39 is 0 Å². The molecule has 0 aromatic heterocycles. The Labute approximate surface area is 37.6 Å². The van der Waals surface area contributed by atoms with Crippen molar-refractivity contribution in [3.63, 3.8) is 0 Å². The van der Waals surface area contributed by atoms with Crippen LogP contribution in [-0.2, 0) is 0 Å². The van der Waals surface area contributed by atoms with E-state index in [0.29, 0.717) is 0 Å². The smallest absolute Gasteiger partial charge is 0.0209 e. The van der Waals surface area contributed by atoms with E-state index in [1.54, 1.807) is 0 Å². The first-order valence-corrected chi connectivity index (χ1v) is 1.96. The number of hydrogen-bond acceptors (Lipinski definition) is 0. The first-order chi connectivity index (χ1) is 3.00. The fraction of sp³-hybridized carbons (Fsp3) is 0.333. The van der Waals surface area contributed by atoms with E-state index >= 15 is 0 Å². The Hall–Kier alpha value is -0.880. The van der Waals surface area contributed by atoms with E-state index in [4.69, 9.17) is 0 Å². The molecule has 0 amide bonds. The minimum absolute atomic E-state index is 0.965. The van der Waals surface area contributed by atoms with Gasteiger partial charge in [0, 0.05) is 12.8 Å². The van der Waals surface area contributed by atoms with E-state index in [1.807, 2.05) is 0 Å². The van der Waals surface area contributed by atoms with Gasteiger partial charge in [-0.1, -0.05) is 11.8 Å². The van der Waals surface area contributed by atoms with Crippen LogP contribution in [0.4, 0.5) is 0 Å². The lowest BCUT2D eigenvalue weighted by Gasteiger charge is -1.78. The third-order valence-corrected chi connectivity index (χ3v) is 0.614. The minimum Gasteiger partial charge on any atom is -0.0881 e. The second-order valence-electron chi connectivity index (χ2n) is 1.10. The van der Waals surface area contributed by atoms with Crippen molar-refractivity contribution in [2.45, 2.75) is 12.8 Å². The molecule has 0 bridgehead atoms. The van der Waals surface area contributed by atoms with Gasteiger partial charge in [0.05, 0.1) is 0 Å². The molecule has 6 heavy (non-hydrogen) atoms. The summed E-state index contributed by atoms with van der Waals surface area (Å²) in [5.74, 6) is 11.1. The fourth-order valence-electron chi connectivity index (χ4n) is 0.338. The molecule has 28 valence electrons. The second kappa shape index (κ2) is 1.53. The van der Waals surface area contributed by atoms with Crippen LogP contribution in [0.1, 0.15) is 12.8 Å². The van der Waals surface area contributed by atoms with Crippen LogP contribution in [0.5, 0.6) is 0 Å². The summed E-state index contributed by atoms with van der Waals surface area (Å²) in [5.41, 5.74) is 0. The van der Waals surface area contributed by atoms with Gasteiger partial charge in [0.15, 0.2) is 0 Å². The van der Waals surface area contributed by atoms with Crippen LogP contribution in [0.25, 0.3) is 0 Å². The highest BCUT2D eigenvalue weighted by Crippen LogP contribution is 1.84. The first-order valence-electron chi connectivity index (χ1n) is 1.96. The first kappa shape index (κ1) is 3.32. The van der Waals surface area contributed by atoms with E-state index in [-0.39, 0.29) is 0 Å². The number of rotatable bonds is 0. The molecule has 1 aliphatic carbocycles. The van der Waals surface area contributed by atoms with Crippen molar-refractivity contribution in [2.75, 3.05) is 0 Å². The summed E-state index contributed by atoms with van der Waals surface area (Å²) in [7, 11) is 0. The summed E-state index contributed by atoms with van der Waals surface area (Å²) in [5, 5.41) is 0. The van der Waals surface area contributed by atoms with E-state index in [2.05, 4.69) is 23.7 Å². The van der Waals surface area contributed by atoms with E-state index in [0.717, 1.165) is 12.8 Å². The molecular formula is C6H4. The Morgan fingerprint density at radius 2 is 1.33 bits per heavy atom. The molecule has 0 aliphatic heterocycles. The van der Waals surface area contributed by atoms with Crippen molar-refractivity contribution in [1.29, 1.82) is 0 Å². The summed E-state index contributed by atoms with van der Waals surface area (Å²) in [6.45, 7) is 0. The van der Waals surface area contributed by atoms with Crippen LogP contribution in [-0.4, -0.2) is 0 Å². The highest BCUT2D eigenvalue weighted by Gasteiger charge is 1.74. The van der Waals surface area contributed by atoms with Crippen LogP contribution in [0.3, 0.4) is 0 Å². The summed E-state index contributed by atoms with van der Waals surface area (Å²) in [6, 6.07) is 0. The van der Waals surface area contributed by atoms with Crippen LogP contribution in [0.15, 0.2) is 0 Å². The molecule has 0 heteroatoms. The summed E-state index contributed by atoms with van der Waals surface area (Å²) >= 11 is 0. The third kappa shape index (κ3) is 0.535. The van der Waals surface area contributed by atoms with Gasteiger partial charge in [-0.25, -0.2) is 0 Å². The highest BCUT2D eigenvalue weighted by atomic mass is 13.8. The minimum atomic E-state index is 0.965. The zero-order valence-corrected chi connectivity index (χ0v) is 3.41. The average Bonchev–Trinajstić information content (AvgIpc) is 1.72. The molecule has 0 spiro atoms. The fourth-order valence-corrected chi connectivity index (χ4v) is 0.338. The Kier molecular flexibility index (Phi) is 0.845. The molecular weight excluding hydrogens is 72.1 g/mol. The van der Waals surface area contributed by atoms with Crippen molar-refractivity contribution < 1.29 is 0 Å². The van der Waals surface area contributed by atoms with Crippen molar-refractivity contribution in [2.24, 2.45) is 0 Å². The molecule has 0 atom stereocenters. The van der Waals surface area contributed by atoms with Crippen molar-refractivity contribution in [3.05, 3.63) is 0 Å². The molecule has 0 nitrogen and oxygen atoms in total. The molecule has 0 heterocycles. The molecule has 0 aromatic carbocycles. The molecule has 0 unspecified atom stereocenters. The van der Waals surface area contributed by atoms with Crippen LogP contribution in [0, 0.1) is 23.7 Å². The molecule has 1 aliphatic rings. The lowest BCUT2D eigenvalue weighted by molar-refractivity contribution is 1.12. The van der Waals surface area contributed by atoms with Gasteiger partial charge in [-0.05, 0) is 11.8 Å². The van der Waals surface area contributed by atoms with Crippen molar-refractivity contribution in [3.8, 4) is 23.7 Å². The van der Waals surface area contributed by atoms with Crippen LogP contribution >= 0.6 is 0 Å². The van der Waals surface area contributed by atoms with E-state index in [9.17, 15) is 0 Å². The average molecular weight is 76.1 g/mol. The molecule has 1 rings (SSSR count). The van der Waals surface area contributed by atoms with Gasteiger partial charge in [0.25, 0.3) is 0 Å². The van der Waals surface area contributed by atoms with Gasteiger partial charge in [-0.15, -0.1) is 0 Å². The highest BCUT2D eigenvalue weighted by molar-refractivity contribution is 5.29. The molecule has 0 saturated heterocycles. The van der Waals surface area contributed by atoms with Gasteiger partial charge >= 0.3 is 0 Å². The zero-order chi connectivity index (χ0) is 4.24. The zero-order valence-electron chi connectivity index (χ0n) is 3.41. The summed E-state index contributed by atoms with van der Waals surface area (Å²) in [4.78, 5) is 0. The summed E-state index contributed by atoms with van der Waals surface area (Å²) < 4.78 is 0. The van der Waals surface area contributed by atoms with Gasteiger partial charge < -0.3 is 0 Å². The topological polar surface area (TPSA) is 0 Å². The predicted octanol–water partition coefficient (Wildman–Crippen LogP) is 0.787. The number of hydrogen-bond donors (Lipinski definition) is 0. The normalized spacial score (nSPS) is 13.3. The molecule has 0 radical (unpaired) electrons. The third-order valence-electron chi connectivity index (χ3n) is 0.614. The van der Waals surface area contributed by atoms with Gasteiger partial charge in [-0.2, -0.15) is 0 Å². The Morgan fingerprint density at radius 1 is 0.833 bits per heavy atom. The maximum absolute atomic E-state index is 2.86. The lowest BCUT2D eigenvalue weighted by atomic mass is 10.3. The SMILES string of the molecule is C1#CCCC#C1. The van der Waals surface area contributed by atoms with Crippen LogP contribution < -0.4 is 0 Å². The van der Waals surface area contributed by atoms with Crippen molar-refractivity contribution in [1.82, 2.24) is 0 Å². The van der Waals surface area contributed by atoms with E-state index in [1.165, 1.54) is 0 Å². The maximum atomic E-state index is 2.86. The van der Waals surface area contributed by atoms with Gasteiger partial charge in [-0.3, -0.25) is 0 Å². The summed E-state index contributed by atoms with van der Waals surface area (Å²) in [6.07, 6.45) is 1.93.